The molecule has 80 valence electrons. The molecule has 2 aromatic heterocycles. The van der Waals surface area contributed by atoms with Gasteiger partial charge in [0.05, 0.1) is 11.1 Å². The summed E-state index contributed by atoms with van der Waals surface area (Å²) in [4.78, 5) is 9.78. The van der Waals surface area contributed by atoms with Crippen molar-refractivity contribution in [3.05, 3.63) is 22.8 Å². The minimum Gasteiger partial charge on any atom is -0.308 e. The lowest BCUT2D eigenvalue weighted by molar-refractivity contribution is 0.274. The molecule has 0 amide bonds. The molecular weight excluding hydrogens is 228 g/mol. The Hall–Kier alpha value is -0.650. The molecule has 15 heavy (non-hydrogen) atoms. The zero-order valence-corrected chi connectivity index (χ0v) is 10.5. The van der Waals surface area contributed by atoms with Crippen molar-refractivity contribution < 1.29 is 4.18 Å². The zero-order valence-electron chi connectivity index (χ0n) is 8.85. The molecule has 1 unspecified atom stereocenters. The molecule has 2 aromatic rings. The summed E-state index contributed by atoms with van der Waals surface area (Å²) in [5.74, 6) is 0. The monoisotopic (exact) mass is 240 g/mol. The Morgan fingerprint density at radius 3 is 3.07 bits per heavy atom. The number of thiazole rings is 1. The molecule has 5 heteroatoms. The van der Waals surface area contributed by atoms with Crippen molar-refractivity contribution in [1.82, 2.24) is 9.97 Å². The second-order valence-corrected chi connectivity index (χ2v) is 4.94. The van der Waals surface area contributed by atoms with Crippen LogP contribution in [0.25, 0.3) is 10.3 Å². The summed E-state index contributed by atoms with van der Waals surface area (Å²) in [5.41, 5.74) is 2.04. The van der Waals surface area contributed by atoms with Crippen molar-refractivity contribution in [2.45, 2.75) is 20.0 Å². The van der Waals surface area contributed by atoms with Gasteiger partial charge in [0, 0.05) is 18.0 Å². The second-order valence-electron chi connectivity index (χ2n) is 3.23. The molecule has 0 radical (unpaired) electrons. The average Bonchev–Trinajstić information content (AvgIpc) is 2.57. The van der Waals surface area contributed by atoms with Gasteiger partial charge >= 0.3 is 0 Å². The lowest BCUT2D eigenvalue weighted by Crippen LogP contribution is -1.94. The van der Waals surface area contributed by atoms with Gasteiger partial charge in [-0.25, -0.2) is 9.97 Å². The van der Waals surface area contributed by atoms with Crippen LogP contribution in [0.15, 0.2) is 12.3 Å². The largest absolute Gasteiger partial charge is 0.308 e. The molecular formula is C10H12N2OS2. The van der Waals surface area contributed by atoms with Crippen molar-refractivity contribution in [3.8, 4) is 0 Å². The Labute approximate surface area is 97.1 Å². The topological polar surface area (TPSA) is 35.0 Å². The Bertz CT molecular complexity index is 469. The molecule has 0 aromatic carbocycles. The third kappa shape index (κ3) is 2.30. The Balaban J connectivity index is 2.37. The highest BCUT2D eigenvalue weighted by Crippen LogP contribution is 2.25. The normalized spacial score (nSPS) is 13.3. The van der Waals surface area contributed by atoms with E-state index in [1.54, 1.807) is 11.3 Å². The first-order valence-electron chi connectivity index (χ1n) is 4.63. The van der Waals surface area contributed by atoms with Crippen LogP contribution >= 0.6 is 23.4 Å². The smallest absolute Gasteiger partial charge is 0.143 e. The van der Waals surface area contributed by atoms with Crippen LogP contribution in [0.2, 0.25) is 0 Å². The average molecular weight is 240 g/mol. The fourth-order valence-electron chi connectivity index (χ4n) is 1.37. The fourth-order valence-corrected chi connectivity index (χ4v) is 2.51. The summed E-state index contributed by atoms with van der Waals surface area (Å²) in [7, 11) is 0. The van der Waals surface area contributed by atoms with Crippen LogP contribution < -0.4 is 0 Å². The van der Waals surface area contributed by atoms with Gasteiger partial charge < -0.3 is 4.18 Å². The van der Waals surface area contributed by atoms with E-state index < -0.39 is 0 Å². The number of hydrogen-bond acceptors (Lipinski definition) is 5. The van der Waals surface area contributed by atoms with Gasteiger partial charge in [-0.1, -0.05) is 11.3 Å². The number of fused-ring (bicyclic) bond motifs is 1. The van der Waals surface area contributed by atoms with Gasteiger partial charge in [0.15, 0.2) is 0 Å². The molecule has 0 aliphatic rings. The van der Waals surface area contributed by atoms with E-state index in [0.29, 0.717) is 0 Å². The number of nitrogens with zero attached hydrogens (tertiary/aromatic N) is 2. The second kappa shape index (κ2) is 4.47. The summed E-state index contributed by atoms with van der Waals surface area (Å²) < 4.78 is 5.44. The number of aryl methyl sites for hydroxylation is 1. The number of hydrogen-bond donors (Lipinski definition) is 0. The molecule has 0 bridgehead atoms. The summed E-state index contributed by atoms with van der Waals surface area (Å²) in [6.07, 6.45) is 3.83. The highest BCUT2D eigenvalue weighted by Gasteiger charge is 2.09. The van der Waals surface area contributed by atoms with Crippen LogP contribution in [-0.2, 0) is 4.18 Å². The van der Waals surface area contributed by atoms with Crippen LogP contribution in [0, 0.1) is 6.92 Å². The van der Waals surface area contributed by atoms with E-state index in [1.807, 2.05) is 32.4 Å². The molecule has 2 rings (SSSR count). The summed E-state index contributed by atoms with van der Waals surface area (Å²) in [6.45, 7) is 4.01. The first kappa shape index (κ1) is 10.9. The quantitative estimate of drug-likeness (QED) is 0.771. The van der Waals surface area contributed by atoms with Gasteiger partial charge in [0.2, 0.25) is 0 Å². The maximum atomic E-state index is 5.44. The number of pyridine rings is 1. The van der Waals surface area contributed by atoms with Crippen LogP contribution in [0.5, 0.6) is 0 Å². The van der Waals surface area contributed by atoms with Crippen LogP contribution in [0.4, 0.5) is 0 Å². The van der Waals surface area contributed by atoms with Crippen molar-refractivity contribution >= 4 is 33.7 Å². The maximum Gasteiger partial charge on any atom is 0.143 e. The molecule has 1 atom stereocenters. The van der Waals surface area contributed by atoms with Crippen molar-refractivity contribution in [3.63, 3.8) is 0 Å². The van der Waals surface area contributed by atoms with Crippen LogP contribution in [0.3, 0.4) is 0 Å². The first-order valence-corrected chi connectivity index (χ1v) is 6.60. The summed E-state index contributed by atoms with van der Waals surface area (Å²) >= 11 is 2.99. The van der Waals surface area contributed by atoms with Gasteiger partial charge in [0.1, 0.15) is 10.3 Å². The lowest BCUT2D eigenvalue weighted by Gasteiger charge is -2.09. The van der Waals surface area contributed by atoms with Gasteiger partial charge in [-0.15, -0.1) is 0 Å². The maximum absolute atomic E-state index is 5.44. The van der Waals surface area contributed by atoms with Crippen molar-refractivity contribution in [2.24, 2.45) is 0 Å². The minimum atomic E-state index is 0.0545. The Morgan fingerprint density at radius 1 is 1.53 bits per heavy atom. The zero-order chi connectivity index (χ0) is 10.8. The van der Waals surface area contributed by atoms with Gasteiger partial charge in [0.25, 0.3) is 0 Å². The van der Waals surface area contributed by atoms with E-state index in [1.165, 1.54) is 12.0 Å². The molecule has 2 heterocycles. The number of aromatic nitrogens is 2. The molecule has 0 aliphatic heterocycles. The van der Waals surface area contributed by atoms with Crippen molar-refractivity contribution in [1.29, 1.82) is 0 Å². The van der Waals surface area contributed by atoms with Gasteiger partial charge in [-0.3, -0.25) is 0 Å². The SMILES string of the molecule is CSOC(C)c1cnc2sc(C)nc2c1. The standard InChI is InChI=1S/C10H12N2OS2/c1-6(13-14-3)8-4-9-10(11-5-8)15-7(2)12-9/h4-6H,1-3H3. The van der Waals surface area contributed by atoms with E-state index in [0.717, 1.165) is 20.9 Å². The molecule has 0 saturated heterocycles. The van der Waals surface area contributed by atoms with Crippen molar-refractivity contribution in [2.75, 3.05) is 6.26 Å². The van der Waals surface area contributed by atoms with E-state index in [-0.39, 0.29) is 6.10 Å². The molecule has 0 saturated carbocycles. The predicted octanol–water partition coefficient (Wildman–Crippen LogP) is 3.36. The minimum absolute atomic E-state index is 0.0545. The molecule has 3 nitrogen and oxygen atoms in total. The van der Waals surface area contributed by atoms with Crippen LogP contribution in [0.1, 0.15) is 23.6 Å². The first-order chi connectivity index (χ1) is 7.20. The molecule has 0 aliphatic carbocycles. The predicted molar refractivity (Wildman–Crippen MR) is 65.2 cm³/mol. The third-order valence-corrected chi connectivity index (χ3v) is 3.46. The van der Waals surface area contributed by atoms with E-state index >= 15 is 0 Å². The molecule has 0 N–H and O–H groups in total. The molecule has 0 fully saturated rings. The Morgan fingerprint density at radius 2 is 2.33 bits per heavy atom. The fraction of sp³-hybridized carbons (Fsp3) is 0.400. The van der Waals surface area contributed by atoms with E-state index in [2.05, 4.69) is 9.97 Å². The lowest BCUT2D eigenvalue weighted by atomic mass is 10.2. The number of rotatable bonds is 3. The summed E-state index contributed by atoms with van der Waals surface area (Å²) in [5, 5.41) is 1.05. The Kier molecular flexibility index (Phi) is 3.23. The highest BCUT2D eigenvalue weighted by molar-refractivity contribution is 7.93. The summed E-state index contributed by atoms with van der Waals surface area (Å²) in [6, 6.07) is 2.05. The van der Waals surface area contributed by atoms with E-state index in [9.17, 15) is 0 Å². The molecule has 0 spiro atoms. The third-order valence-electron chi connectivity index (χ3n) is 2.09. The highest BCUT2D eigenvalue weighted by atomic mass is 32.2. The van der Waals surface area contributed by atoms with Gasteiger partial charge in [-0.2, -0.15) is 0 Å². The van der Waals surface area contributed by atoms with E-state index in [4.69, 9.17) is 4.18 Å². The van der Waals surface area contributed by atoms with Crippen LogP contribution in [-0.4, -0.2) is 16.2 Å². The van der Waals surface area contributed by atoms with Gasteiger partial charge in [-0.05, 0) is 32.0 Å².